The molecule has 0 unspecified atom stereocenters. The molecule has 3 nitrogen and oxygen atoms in total. The molecule has 0 fully saturated rings. The summed E-state index contributed by atoms with van der Waals surface area (Å²) in [4.78, 5) is 0. The maximum Gasteiger partial charge on any atom is 0.192 e. The number of halogens is 1. The Morgan fingerprint density at radius 2 is 1.73 bits per heavy atom. The first kappa shape index (κ1) is 19.3. The van der Waals surface area contributed by atoms with Gasteiger partial charge in [-0.15, -0.1) is 0 Å². The van der Waals surface area contributed by atoms with E-state index in [1.165, 1.54) is 12.1 Å². The summed E-state index contributed by atoms with van der Waals surface area (Å²) >= 11 is 0. The van der Waals surface area contributed by atoms with E-state index in [0.717, 1.165) is 5.56 Å². The Morgan fingerprint density at radius 3 is 2.18 bits per heavy atom. The zero-order chi connectivity index (χ0) is 17.0. The Bertz CT molecular complexity index is 457. The van der Waals surface area contributed by atoms with Crippen molar-refractivity contribution < 1.29 is 13.6 Å². The fourth-order valence-electron chi connectivity index (χ4n) is 1.91. The molecule has 2 N–H and O–H groups in total. The van der Waals surface area contributed by atoms with Gasteiger partial charge < -0.3 is 14.9 Å². The monoisotopic (exact) mass is 327 g/mol. The van der Waals surface area contributed by atoms with E-state index in [0.29, 0.717) is 13.2 Å². The van der Waals surface area contributed by atoms with E-state index in [4.69, 9.17) is 14.9 Å². The first-order chi connectivity index (χ1) is 10.1. The highest BCUT2D eigenvalue weighted by Crippen LogP contribution is 2.37. The normalized spacial score (nSPS) is 15.6. The van der Waals surface area contributed by atoms with Crippen LogP contribution in [0.2, 0.25) is 18.1 Å². The van der Waals surface area contributed by atoms with Crippen LogP contribution >= 0.6 is 0 Å². The molecule has 0 aliphatic carbocycles. The molecule has 0 saturated heterocycles. The SMILES string of the molecule is CCO[C@@H](c1ccc(F)cc1)[C@H](N)CO[Si](C)(C)C(C)(C)C. The molecule has 1 rings (SSSR count). The van der Waals surface area contributed by atoms with Crippen LogP contribution in [0, 0.1) is 5.82 Å². The van der Waals surface area contributed by atoms with Crippen molar-refractivity contribution in [3.8, 4) is 0 Å². The summed E-state index contributed by atoms with van der Waals surface area (Å²) in [6.07, 6.45) is -0.282. The van der Waals surface area contributed by atoms with Crippen molar-refractivity contribution in [1.82, 2.24) is 0 Å². The van der Waals surface area contributed by atoms with Crippen molar-refractivity contribution in [2.45, 2.75) is 58.0 Å². The Balaban J connectivity index is 2.78. The van der Waals surface area contributed by atoms with Gasteiger partial charge in [-0.1, -0.05) is 32.9 Å². The van der Waals surface area contributed by atoms with Crippen molar-refractivity contribution >= 4 is 8.32 Å². The molecule has 0 radical (unpaired) electrons. The molecule has 1 aromatic rings. The molecule has 5 heteroatoms. The van der Waals surface area contributed by atoms with Gasteiger partial charge in [0.25, 0.3) is 0 Å². The highest BCUT2D eigenvalue weighted by Gasteiger charge is 2.38. The van der Waals surface area contributed by atoms with Gasteiger partial charge in [-0.2, -0.15) is 0 Å². The molecule has 0 spiro atoms. The lowest BCUT2D eigenvalue weighted by molar-refractivity contribution is 0.0292. The van der Waals surface area contributed by atoms with Crippen LogP contribution in [0.1, 0.15) is 39.4 Å². The van der Waals surface area contributed by atoms with Gasteiger partial charge in [-0.3, -0.25) is 0 Å². The fourth-order valence-corrected chi connectivity index (χ4v) is 2.95. The quantitative estimate of drug-likeness (QED) is 0.761. The molecular weight excluding hydrogens is 297 g/mol. The Labute approximate surface area is 135 Å². The average Bonchev–Trinajstić information content (AvgIpc) is 2.42. The van der Waals surface area contributed by atoms with Gasteiger partial charge in [-0.05, 0) is 42.8 Å². The number of hydrogen-bond donors (Lipinski definition) is 1. The molecule has 0 saturated carbocycles. The molecular formula is C17H30FNO2Si. The lowest BCUT2D eigenvalue weighted by Gasteiger charge is -2.37. The number of benzene rings is 1. The largest absolute Gasteiger partial charge is 0.415 e. The molecule has 0 aliphatic rings. The maximum atomic E-state index is 13.1. The van der Waals surface area contributed by atoms with Crippen LogP contribution in [0.5, 0.6) is 0 Å². The highest BCUT2D eigenvalue weighted by molar-refractivity contribution is 6.74. The van der Waals surface area contributed by atoms with E-state index in [9.17, 15) is 4.39 Å². The van der Waals surface area contributed by atoms with Crippen LogP contribution in [0.4, 0.5) is 4.39 Å². The van der Waals surface area contributed by atoms with Crippen molar-refractivity contribution in [2.24, 2.45) is 5.73 Å². The van der Waals surface area contributed by atoms with Gasteiger partial charge in [0.05, 0.1) is 18.8 Å². The fraction of sp³-hybridized carbons (Fsp3) is 0.647. The molecule has 22 heavy (non-hydrogen) atoms. The molecule has 126 valence electrons. The van der Waals surface area contributed by atoms with Crippen molar-refractivity contribution in [3.63, 3.8) is 0 Å². The third-order valence-corrected chi connectivity index (χ3v) is 8.88. The van der Waals surface area contributed by atoms with Crippen LogP contribution in [-0.4, -0.2) is 27.6 Å². The van der Waals surface area contributed by atoms with E-state index < -0.39 is 8.32 Å². The van der Waals surface area contributed by atoms with Crippen LogP contribution < -0.4 is 5.73 Å². The third-order valence-electron chi connectivity index (χ3n) is 4.38. The zero-order valence-corrected chi connectivity index (χ0v) is 15.7. The summed E-state index contributed by atoms with van der Waals surface area (Å²) in [5, 5.41) is 0.143. The van der Waals surface area contributed by atoms with E-state index in [2.05, 4.69) is 33.9 Å². The highest BCUT2D eigenvalue weighted by atomic mass is 28.4. The molecule has 0 heterocycles. The molecule has 0 amide bonds. The summed E-state index contributed by atoms with van der Waals surface area (Å²) in [5.41, 5.74) is 7.19. The van der Waals surface area contributed by atoms with Crippen molar-refractivity contribution in [2.75, 3.05) is 13.2 Å². The van der Waals surface area contributed by atoms with E-state index in [1.54, 1.807) is 12.1 Å². The Hall–Kier alpha value is -0.753. The van der Waals surface area contributed by atoms with Gasteiger partial charge in [0.1, 0.15) is 5.82 Å². The first-order valence-corrected chi connectivity index (χ1v) is 10.8. The number of ether oxygens (including phenoxy) is 1. The zero-order valence-electron chi connectivity index (χ0n) is 14.7. The molecule has 1 aromatic carbocycles. The van der Waals surface area contributed by atoms with Crippen molar-refractivity contribution in [3.05, 3.63) is 35.6 Å². The van der Waals surface area contributed by atoms with Gasteiger partial charge >= 0.3 is 0 Å². The van der Waals surface area contributed by atoms with Gasteiger partial charge in [0, 0.05) is 6.61 Å². The maximum absolute atomic E-state index is 13.1. The van der Waals surface area contributed by atoms with Gasteiger partial charge in [-0.25, -0.2) is 4.39 Å². The summed E-state index contributed by atoms with van der Waals surface area (Å²) < 4.78 is 25.0. The first-order valence-electron chi connectivity index (χ1n) is 7.85. The second kappa shape index (κ2) is 7.68. The summed E-state index contributed by atoms with van der Waals surface area (Å²) in [6.45, 7) is 13.9. The van der Waals surface area contributed by atoms with Crippen LogP contribution in [0.3, 0.4) is 0 Å². The minimum absolute atomic E-state index is 0.143. The van der Waals surface area contributed by atoms with Gasteiger partial charge in [0.2, 0.25) is 0 Å². The summed E-state index contributed by atoms with van der Waals surface area (Å²) in [6, 6.07) is 6.04. The van der Waals surface area contributed by atoms with Crippen LogP contribution in [0.15, 0.2) is 24.3 Å². The number of hydrogen-bond acceptors (Lipinski definition) is 3. The number of nitrogens with two attached hydrogens (primary N) is 1. The Kier molecular flexibility index (Phi) is 6.74. The van der Waals surface area contributed by atoms with E-state index in [-0.39, 0.29) is 23.0 Å². The number of rotatable bonds is 7. The van der Waals surface area contributed by atoms with Crippen molar-refractivity contribution in [1.29, 1.82) is 0 Å². The standard InChI is InChI=1S/C17H30FNO2Si/c1-7-20-16(13-8-10-14(18)11-9-13)15(19)12-21-22(5,6)17(2,3)4/h8-11,15-16H,7,12,19H2,1-6H3/t15-,16+/m1/s1. The lowest BCUT2D eigenvalue weighted by atomic mass is 10.0. The second-order valence-corrected chi connectivity index (χ2v) is 12.0. The molecule has 0 bridgehead atoms. The molecule has 2 atom stereocenters. The molecule has 0 aromatic heterocycles. The average molecular weight is 328 g/mol. The topological polar surface area (TPSA) is 44.5 Å². The summed E-state index contributed by atoms with van der Waals surface area (Å²) in [7, 11) is -1.84. The predicted octanol–water partition coefficient (Wildman–Crippen LogP) is 4.25. The Morgan fingerprint density at radius 1 is 1.18 bits per heavy atom. The van der Waals surface area contributed by atoms with E-state index >= 15 is 0 Å². The lowest BCUT2D eigenvalue weighted by Crippen LogP contribution is -2.45. The van der Waals surface area contributed by atoms with Crippen LogP contribution in [0.25, 0.3) is 0 Å². The second-order valence-electron chi connectivity index (χ2n) is 7.16. The van der Waals surface area contributed by atoms with Gasteiger partial charge in [0.15, 0.2) is 8.32 Å². The summed E-state index contributed by atoms with van der Waals surface area (Å²) in [5.74, 6) is -0.259. The van der Waals surface area contributed by atoms with E-state index in [1.807, 2.05) is 6.92 Å². The predicted molar refractivity (Wildman–Crippen MR) is 91.9 cm³/mol. The smallest absolute Gasteiger partial charge is 0.192 e. The minimum Gasteiger partial charge on any atom is -0.415 e. The van der Waals surface area contributed by atoms with Crippen LogP contribution in [-0.2, 0) is 9.16 Å². The third kappa shape index (κ3) is 5.16. The minimum atomic E-state index is -1.84. The molecule has 0 aliphatic heterocycles.